The van der Waals surface area contributed by atoms with Gasteiger partial charge in [0.2, 0.25) is 0 Å². The second-order valence-corrected chi connectivity index (χ2v) is 8.05. The van der Waals surface area contributed by atoms with Crippen LogP contribution in [0.25, 0.3) is 0 Å². The van der Waals surface area contributed by atoms with Gasteiger partial charge < -0.3 is 10.4 Å². The molecule has 1 atom stereocenters. The molecular formula is C19H24N2O3S. The van der Waals surface area contributed by atoms with Crippen molar-refractivity contribution in [3.8, 4) is 0 Å². The van der Waals surface area contributed by atoms with Crippen LogP contribution in [0.2, 0.25) is 0 Å². The van der Waals surface area contributed by atoms with Crippen LogP contribution < -0.4 is 5.32 Å². The van der Waals surface area contributed by atoms with E-state index in [0.717, 1.165) is 10.6 Å². The van der Waals surface area contributed by atoms with Gasteiger partial charge in [0, 0.05) is 11.8 Å². The minimum Gasteiger partial charge on any atom is -0.481 e. The maximum Gasteiger partial charge on any atom is 0.303 e. The van der Waals surface area contributed by atoms with Gasteiger partial charge in [-0.05, 0) is 18.9 Å². The molecule has 0 saturated carbocycles. The maximum absolute atomic E-state index is 12.7. The van der Waals surface area contributed by atoms with Crippen molar-refractivity contribution in [3.05, 3.63) is 51.5 Å². The van der Waals surface area contributed by atoms with Crippen LogP contribution in [0.15, 0.2) is 30.3 Å². The number of nitrogens with one attached hydrogen (secondary N) is 1. The van der Waals surface area contributed by atoms with Gasteiger partial charge in [0.25, 0.3) is 5.91 Å². The van der Waals surface area contributed by atoms with E-state index in [1.165, 1.54) is 11.3 Å². The fourth-order valence-electron chi connectivity index (χ4n) is 2.43. The zero-order valence-corrected chi connectivity index (χ0v) is 15.8. The minimum absolute atomic E-state index is 0.00520. The first-order chi connectivity index (χ1) is 11.7. The van der Waals surface area contributed by atoms with Crippen molar-refractivity contribution in [2.45, 2.75) is 52.0 Å². The molecule has 1 amide bonds. The van der Waals surface area contributed by atoms with Gasteiger partial charge >= 0.3 is 5.97 Å². The van der Waals surface area contributed by atoms with Gasteiger partial charge in [0.1, 0.15) is 4.88 Å². The van der Waals surface area contributed by atoms with Crippen molar-refractivity contribution in [2.75, 3.05) is 0 Å². The van der Waals surface area contributed by atoms with E-state index in [4.69, 9.17) is 5.11 Å². The average Bonchev–Trinajstić information content (AvgIpc) is 2.94. The first-order valence-corrected chi connectivity index (χ1v) is 9.05. The number of hydrogen-bond donors (Lipinski definition) is 2. The molecule has 0 aliphatic carbocycles. The Morgan fingerprint density at radius 2 is 1.88 bits per heavy atom. The van der Waals surface area contributed by atoms with Gasteiger partial charge in [-0.3, -0.25) is 9.59 Å². The summed E-state index contributed by atoms with van der Waals surface area (Å²) in [5.41, 5.74) is 1.49. The predicted octanol–water partition coefficient (Wildman–Crippen LogP) is 4.08. The Bertz CT molecular complexity index is 748. The van der Waals surface area contributed by atoms with Crippen LogP contribution in [0.3, 0.4) is 0 Å². The van der Waals surface area contributed by atoms with E-state index in [-0.39, 0.29) is 23.8 Å². The minimum atomic E-state index is -0.876. The number of carbonyl (C=O) groups is 2. The van der Waals surface area contributed by atoms with Crippen LogP contribution in [0.5, 0.6) is 0 Å². The van der Waals surface area contributed by atoms with E-state index in [9.17, 15) is 9.59 Å². The van der Waals surface area contributed by atoms with Crippen molar-refractivity contribution in [3.63, 3.8) is 0 Å². The van der Waals surface area contributed by atoms with Gasteiger partial charge in [0.05, 0.1) is 16.7 Å². The topological polar surface area (TPSA) is 79.3 Å². The lowest BCUT2D eigenvalue weighted by Crippen LogP contribution is -2.29. The third kappa shape index (κ3) is 5.13. The number of rotatable bonds is 6. The molecule has 0 aliphatic rings. The Labute approximate surface area is 152 Å². The summed E-state index contributed by atoms with van der Waals surface area (Å²) < 4.78 is 0. The van der Waals surface area contributed by atoms with E-state index < -0.39 is 5.97 Å². The Kier molecular flexibility index (Phi) is 5.95. The second kappa shape index (κ2) is 7.78. The van der Waals surface area contributed by atoms with Crippen LogP contribution in [0.4, 0.5) is 0 Å². The van der Waals surface area contributed by atoms with E-state index in [1.54, 1.807) is 0 Å². The lowest BCUT2D eigenvalue weighted by molar-refractivity contribution is -0.137. The van der Waals surface area contributed by atoms with Crippen LogP contribution in [-0.4, -0.2) is 22.0 Å². The standard InChI is InChI=1S/C19H24N2O3S/c1-12-16(25-18(20-12)19(2,3)4)17(24)21-14(10-11-15(22)23)13-8-6-5-7-9-13/h5-9,14H,10-11H2,1-4H3,(H,21,24)(H,22,23). The SMILES string of the molecule is Cc1nc(C(C)(C)C)sc1C(=O)NC(CCC(=O)O)c1ccccc1. The van der Waals surface area contributed by atoms with Crippen LogP contribution >= 0.6 is 11.3 Å². The second-order valence-electron chi connectivity index (χ2n) is 7.05. The van der Waals surface area contributed by atoms with Crippen LogP contribution in [-0.2, 0) is 10.2 Å². The summed E-state index contributed by atoms with van der Waals surface area (Å²) in [6.45, 7) is 8.02. The highest BCUT2D eigenvalue weighted by molar-refractivity contribution is 7.14. The summed E-state index contributed by atoms with van der Waals surface area (Å²) in [6.07, 6.45) is 0.337. The molecule has 5 nitrogen and oxygen atoms in total. The number of aryl methyl sites for hydroxylation is 1. The third-order valence-corrected chi connectivity index (χ3v) is 5.38. The van der Waals surface area contributed by atoms with E-state index >= 15 is 0 Å². The van der Waals surface area contributed by atoms with Gasteiger partial charge in [-0.1, -0.05) is 51.1 Å². The fraction of sp³-hybridized carbons (Fsp3) is 0.421. The molecule has 1 unspecified atom stereocenters. The van der Waals surface area contributed by atoms with Gasteiger partial charge in [-0.2, -0.15) is 0 Å². The van der Waals surface area contributed by atoms with Gasteiger partial charge in [0.15, 0.2) is 0 Å². The molecule has 134 valence electrons. The molecule has 1 aromatic heterocycles. The predicted molar refractivity (Wildman–Crippen MR) is 99.1 cm³/mol. The van der Waals surface area contributed by atoms with Crippen molar-refractivity contribution >= 4 is 23.2 Å². The molecule has 0 spiro atoms. The summed E-state index contributed by atoms with van der Waals surface area (Å²) in [7, 11) is 0. The Balaban J connectivity index is 2.22. The lowest BCUT2D eigenvalue weighted by atomic mass is 9.98. The lowest BCUT2D eigenvalue weighted by Gasteiger charge is -2.18. The molecule has 0 fully saturated rings. The highest BCUT2D eigenvalue weighted by Gasteiger charge is 2.25. The van der Waals surface area contributed by atoms with E-state index in [2.05, 4.69) is 31.1 Å². The molecule has 2 aromatic rings. The molecule has 0 aliphatic heterocycles. The smallest absolute Gasteiger partial charge is 0.303 e. The zero-order valence-electron chi connectivity index (χ0n) is 15.0. The number of thiazole rings is 1. The number of carboxylic acids is 1. The number of carboxylic acid groups (broad SMARTS) is 1. The number of carbonyl (C=O) groups excluding carboxylic acids is 1. The number of benzene rings is 1. The molecule has 0 bridgehead atoms. The molecule has 2 N–H and O–H groups in total. The van der Waals surface area contributed by atoms with Crippen molar-refractivity contribution in [1.29, 1.82) is 0 Å². The molecule has 0 saturated heterocycles. The highest BCUT2D eigenvalue weighted by Crippen LogP contribution is 2.30. The molecule has 25 heavy (non-hydrogen) atoms. The molecule has 1 heterocycles. The van der Waals surface area contributed by atoms with E-state index in [0.29, 0.717) is 17.0 Å². The highest BCUT2D eigenvalue weighted by atomic mass is 32.1. The monoisotopic (exact) mass is 360 g/mol. The quantitative estimate of drug-likeness (QED) is 0.813. The number of aromatic nitrogens is 1. The first kappa shape index (κ1) is 19.1. The zero-order chi connectivity index (χ0) is 18.6. The Morgan fingerprint density at radius 1 is 1.24 bits per heavy atom. The Morgan fingerprint density at radius 3 is 2.40 bits per heavy atom. The number of nitrogens with zero attached hydrogens (tertiary/aromatic N) is 1. The van der Waals surface area contributed by atoms with Crippen molar-refractivity contribution < 1.29 is 14.7 Å². The summed E-state index contributed by atoms with van der Waals surface area (Å²) >= 11 is 1.40. The number of amides is 1. The maximum atomic E-state index is 12.7. The van der Waals surface area contributed by atoms with Crippen LogP contribution in [0, 0.1) is 6.92 Å². The van der Waals surface area contributed by atoms with Gasteiger partial charge in [-0.25, -0.2) is 4.98 Å². The molecular weight excluding hydrogens is 336 g/mol. The van der Waals surface area contributed by atoms with Gasteiger partial charge in [-0.15, -0.1) is 11.3 Å². The Hall–Kier alpha value is -2.21. The molecule has 2 rings (SSSR count). The largest absolute Gasteiger partial charge is 0.481 e. The van der Waals surface area contributed by atoms with Crippen molar-refractivity contribution in [1.82, 2.24) is 10.3 Å². The summed E-state index contributed by atoms with van der Waals surface area (Å²) in [5.74, 6) is -1.08. The number of hydrogen-bond acceptors (Lipinski definition) is 4. The molecule has 1 aromatic carbocycles. The van der Waals surface area contributed by atoms with Crippen molar-refractivity contribution in [2.24, 2.45) is 0 Å². The summed E-state index contributed by atoms with van der Waals surface area (Å²) in [6, 6.07) is 9.10. The molecule has 0 radical (unpaired) electrons. The summed E-state index contributed by atoms with van der Waals surface area (Å²) in [5, 5.41) is 12.9. The fourth-order valence-corrected chi connectivity index (χ4v) is 3.45. The third-order valence-electron chi connectivity index (χ3n) is 3.80. The van der Waals surface area contributed by atoms with E-state index in [1.807, 2.05) is 37.3 Å². The molecule has 6 heteroatoms. The van der Waals surface area contributed by atoms with Crippen LogP contribution in [0.1, 0.15) is 65.6 Å². The normalized spacial score (nSPS) is 12.6. The first-order valence-electron chi connectivity index (χ1n) is 8.24. The average molecular weight is 360 g/mol. The summed E-state index contributed by atoms with van der Waals surface area (Å²) in [4.78, 5) is 28.8. The number of aliphatic carboxylic acids is 1.